The summed E-state index contributed by atoms with van der Waals surface area (Å²) in [6.45, 7) is 11.6. The van der Waals surface area contributed by atoms with Crippen molar-refractivity contribution in [1.82, 2.24) is 23.6 Å². The molecule has 0 N–H and O–H groups in total. The van der Waals surface area contributed by atoms with Gasteiger partial charge in [0.2, 0.25) is 0 Å². The zero-order valence-electron chi connectivity index (χ0n) is 18.4. The van der Waals surface area contributed by atoms with E-state index in [9.17, 15) is 14.4 Å². The highest BCUT2D eigenvalue weighted by Crippen LogP contribution is 2.21. The largest absolute Gasteiger partial charge is 0.373 e. The number of imidazole rings is 1. The first-order valence-electron chi connectivity index (χ1n) is 9.96. The number of aryl methyl sites for hydroxylation is 1. The summed E-state index contributed by atoms with van der Waals surface area (Å²) in [6, 6.07) is 0. The average molecular weight is 405 g/mol. The fourth-order valence-corrected chi connectivity index (χ4v) is 3.78. The van der Waals surface area contributed by atoms with Crippen LogP contribution in [0.1, 0.15) is 40.4 Å². The van der Waals surface area contributed by atoms with Crippen molar-refractivity contribution in [2.75, 3.05) is 13.1 Å². The maximum absolute atomic E-state index is 12.9. The standard InChI is InChI=1S/C20H31N5O4/c1-12-8-24(9-13(2)29-12)11-15-21-17-16(18(27)23(7)19(28)22(17)6)25(15)10-14(26)20(3,4)5/h12-13H,8-11H2,1-7H3/t12-,13+. The second-order valence-electron chi connectivity index (χ2n) is 9.12. The average Bonchev–Trinajstić information content (AvgIpc) is 2.94. The van der Waals surface area contributed by atoms with Crippen molar-refractivity contribution in [3.8, 4) is 0 Å². The number of carbonyl (C=O) groups is 1. The van der Waals surface area contributed by atoms with Crippen LogP contribution in [0.5, 0.6) is 0 Å². The number of morpholine rings is 1. The van der Waals surface area contributed by atoms with E-state index in [-0.39, 0.29) is 30.1 Å². The van der Waals surface area contributed by atoms with Gasteiger partial charge >= 0.3 is 5.69 Å². The SMILES string of the molecule is C[C@@H]1CN(Cc2nc3c(c(=O)n(C)c(=O)n3C)n2CC(=O)C(C)(C)C)C[C@H](C)O1. The molecule has 9 nitrogen and oxygen atoms in total. The van der Waals surface area contributed by atoms with Gasteiger partial charge in [-0.2, -0.15) is 0 Å². The molecule has 2 atom stereocenters. The zero-order valence-corrected chi connectivity index (χ0v) is 18.4. The molecule has 9 heteroatoms. The fourth-order valence-electron chi connectivity index (χ4n) is 3.78. The molecule has 0 bridgehead atoms. The Morgan fingerprint density at radius 2 is 1.69 bits per heavy atom. The van der Waals surface area contributed by atoms with Gasteiger partial charge in [-0.15, -0.1) is 0 Å². The number of fused-ring (bicyclic) bond motifs is 1. The topological polar surface area (TPSA) is 91.4 Å². The third-order valence-electron chi connectivity index (χ3n) is 5.43. The third kappa shape index (κ3) is 4.06. The molecule has 1 aliphatic rings. The van der Waals surface area contributed by atoms with Gasteiger partial charge in [-0.1, -0.05) is 20.8 Å². The van der Waals surface area contributed by atoms with Crippen LogP contribution in [0.25, 0.3) is 11.2 Å². The monoisotopic (exact) mass is 405 g/mol. The molecule has 0 spiro atoms. The molecule has 0 saturated carbocycles. The van der Waals surface area contributed by atoms with Crippen molar-refractivity contribution in [1.29, 1.82) is 0 Å². The van der Waals surface area contributed by atoms with E-state index in [1.807, 2.05) is 34.6 Å². The summed E-state index contributed by atoms with van der Waals surface area (Å²) in [5, 5.41) is 0. The third-order valence-corrected chi connectivity index (χ3v) is 5.43. The number of ether oxygens (including phenoxy) is 1. The lowest BCUT2D eigenvalue weighted by atomic mass is 9.91. The van der Waals surface area contributed by atoms with E-state index in [1.54, 1.807) is 11.6 Å². The van der Waals surface area contributed by atoms with Crippen LogP contribution < -0.4 is 11.2 Å². The Morgan fingerprint density at radius 3 is 2.24 bits per heavy atom. The van der Waals surface area contributed by atoms with Crippen LogP contribution in [0, 0.1) is 5.41 Å². The van der Waals surface area contributed by atoms with Gasteiger partial charge in [0.05, 0.1) is 25.3 Å². The number of hydrogen-bond acceptors (Lipinski definition) is 6. The summed E-state index contributed by atoms with van der Waals surface area (Å²) < 4.78 is 9.91. The Kier molecular flexibility index (Phi) is 5.57. The van der Waals surface area contributed by atoms with Crippen LogP contribution in [0.15, 0.2) is 9.59 Å². The van der Waals surface area contributed by atoms with E-state index in [2.05, 4.69) is 9.88 Å². The lowest BCUT2D eigenvalue weighted by molar-refractivity contribution is -0.126. The molecular formula is C20H31N5O4. The van der Waals surface area contributed by atoms with E-state index < -0.39 is 16.7 Å². The van der Waals surface area contributed by atoms with Gasteiger partial charge in [-0.25, -0.2) is 9.78 Å². The Balaban J connectivity index is 2.15. The number of nitrogens with zero attached hydrogens (tertiary/aromatic N) is 5. The minimum absolute atomic E-state index is 0.00216. The van der Waals surface area contributed by atoms with Crippen LogP contribution in [-0.4, -0.2) is 54.7 Å². The van der Waals surface area contributed by atoms with Crippen molar-refractivity contribution in [3.63, 3.8) is 0 Å². The van der Waals surface area contributed by atoms with Gasteiger partial charge in [-0.05, 0) is 13.8 Å². The summed E-state index contributed by atoms with van der Waals surface area (Å²) >= 11 is 0. The molecule has 1 aliphatic heterocycles. The molecule has 3 rings (SSSR count). The molecule has 0 unspecified atom stereocenters. The molecule has 1 saturated heterocycles. The lowest BCUT2D eigenvalue weighted by Crippen LogP contribution is -2.45. The van der Waals surface area contributed by atoms with E-state index in [1.165, 1.54) is 11.6 Å². The van der Waals surface area contributed by atoms with E-state index >= 15 is 0 Å². The van der Waals surface area contributed by atoms with Crippen molar-refractivity contribution in [2.45, 2.75) is 59.9 Å². The molecule has 0 radical (unpaired) electrons. The molecule has 0 aliphatic carbocycles. The Hall–Kier alpha value is -2.26. The molecule has 0 aromatic carbocycles. The first-order chi connectivity index (χ1) is 13.4. The molecule has 2 aromatic heterocycles. The normalized spacial score (nSPS) is 21.1. The van der Waals surface area contributed by atoms with E-state index in [4.69, 9.17) is 4.74 Å². The van der Waals surface area contributed by atoms with E-state index in [0.29, 0.717) is 18.0 Å². The molecule has 3 heterocycles. The summed E-state index contributed by atoms with van der Waals surface area (Å²) in [5.74, 6) is 0.606. The summed E-state index contributed by atoms with van der Waals surface area (Å²) in [4.78, 5) is 44.9. The lowest BCUT2D eigenvalue weighted by Gasteiger charge is -2.35. The fraction of sp³-hybridized carbons (Fsp3) is 0.700. The molecular weight excluding hydrogens is 374 g/mol. The van der Waals surface area contributed by atoms with Gasteiger partial charge < -0.3 is 9.30 Å². The number of aromatic nitrogens is 4. The van der Waals surface area contributed by atoms with Crippen LogP contribution in [0.3, 0.4) is 0 Å². The van der Waals surface area contributed by atoms with Gasteiger partial charge in [0.25, 0.3) is 5.56 Å². The second kappa shape index (κ2) is 7.53. The van der Waals surface area contributed by atoms with Gasteiger partial charge in [0.1, 0.15) is 5.82 Å². The van der Waals surface area contributed by atoms with E-state index in [0.717, 1.165) is 17.7 Å². The van der Waals surface area contributed by atoms with Gasteiger partial charge in [-0.3, -0.25) is 23.6 Å². The molecule has 2 aromatic rings. The highest BCUT2D eigenvalue weighted by molar-refractivity contribution is 5.85. The molecule has 1 fully saturated rings. The van der Waals surface area contributed by atoms with Crippen molar-refractivity contribution >= 4 is 16.9 Å². The smallest absolute Gasteiger partial charge is 0.332 e. The van der Waals surface area contributed by atoms with Crippen molar-refractivity contribution in [2.24, 2.45) is 19.5 Å². The van der Waals surface area contributed by atoms with Crippen LogP contribution in [-0.2, 0) is 36.7 Å². The first-order valence-corrected chi connectivity index (χ1v) is 9.96. The predicted octanol–water partition coefficient (Wildman–Crippen LogP) is 0.658. The summed E-state index contributed by atoms with van der Waals surface area (Å²) in [6.07, 6.45) is 0.176. The van der Waals surface area contributed by atoms with Gasteiger partial charge in [0.15, 0.2) is 16.9 Å². The second-order valence-corrected chi connectivity index (χ2v) is 9.12. The van der Waals surface area contributed by atoms with Crippen LogP contribution >= 0.6 is 0 Å². The Labute approximate surface area is 169 Å². The first kappa shape index (κ1) is 21.4. The zero-order chi connectivity index (χ0) is 21.7. The number of hydrogen-bond donors (Lipinski definition) is 0. The summed E-state index contributed by atoms with van der Waals surface area (Å²) in [7, 11) is 3.04. The molecule has 29 heavy (non-hydrogen) atoms. The maximum atomic E-state index is 12.9. The quantitative estimate of drug-likeness (QED) is 0.742. The van der Waals surface area contributed by atoms with Crippen molar-refractivity contribution in [3.05, 3.63) is 26.7 Å². The maximum Gasteiger partial charge on any atom is 0.332 e. The minimum atomic E-state index is -0.554. The Bertz CT molecular complexity index is 1050. The number of Topliss-reactive ketones (excluding diaryl/α,β-unsaturated/α-hetero) is 1. The number of carbonyl (C=O) groups excluding carboxylic acids is 1. The highest BCUT2D eigenvalue weighted by Gasteiger charge is 2.28. The van der Waals surface area contributed by atoms with Crippen LogP contribution in [0.4, 0.5) is 0 Å². The van der Waals surface area contributed by atoms with Crippen LogP contribution in [0.2, 0.25) is 0 Å². The minimum Gasteiger partial charge on any atom is -0.373 e. The summed E-state index contributed by atoms with van der Waals surface area (Å²) in [5.41, 5.74) is -0.829. The Morgan fingerprint density at radius 1 is 1.10 bits per heavy atom. The predicted molar refractivity (Wildman–Crippen MR) is 110 cm³/mol. The molecule has 160 valence electrons. The highest BCUT2D eigenvalue weighted by atomic mass is 16.5. The molecule has 0 amide bonds. The van der Waals surface area contributed by atoms with Gasteiger partial charge in [0, 0.05) is 32.6 Å². The van der Waals surface area contributed by atoms with Crippen molar-refractivity contribution < 1.29 is 9.53 Å². The number of ketones is 1. The number of rotatable bonds is 4.